The second-order valence-electron chi connectivity index (χ2n) is 18.9. The number of benzene rings is 5. The highest BCUT2D eigenvalue weighted by molar-refractivity contribution is 5.88. The monoisotopic (exact) mass is 790 g/mol. The minimum absolute atomic E-state index is 0.0122. The Morgan fingerprint density at radius 2 is 1.41 bits per heavy atom. The number of para-hydroxylation sites is 2. The maximum absolute atomic E-state index is 6.98. The first-order valence-electron chi connectivity index (χ1n) is 21.9. The molecule has 6 aliphatic rings. The summed E-state index contributed by atoms with van der Waals surface area (Å²) in [7, 11) is 0. The molecule has 296 valence electrons. The first kappa shape index (κ1) is 35.1. The van der Waals surface area contributed by atoms with E-state index in [4.69, 9.17) is 14.7 Å². The van der Waals surface area contributed by atoms with Crippen molar-refractivity contribution in [2.45, 2.75) is 68.8 Å². The zero-order valence-electron chi connectivity index (χ0n) is 34.9. The third kappa shape index (κ3) is 4.89. The second kappa shape index (κ2) is 12.4. The van der Waals surface area contributed by atoms with Crippen molar-refractivity contribution in [3.8, 4) is 28.5 Å². The van der Waals surface area contributed by atoms with Gasteiger partial charge in [-0.3, -0.25) is 9.13 Å². The van der Waals surface area contributed by atoms with E-state index in [9.17, 15) is 0 Å². The summed E-state index contributed by atoms with van der Waals surface area (Å²) in [6, 6.07) is 41.9. The van der Waals surface area contributed by atoms with Gasteiger partial charge in [-0.25, -0.2) is 9.97 Å². The Labute approximate surface area is 356 Å². The highest BCUT2D eigenvalue weighted by Gasteiger charge is 2.45. The number of nitrogens with zero attached hydrogens (tertiary/aromatic N) is 4. The fraction of sp³-hybridized carbons (Fsp3) is 0.214. The van der Waals surface area contributed by atoms with E-state index in [1.165, 1.54) is 33.4 Å². The molecule has 1 aliphatic heterocycles. The standard InChI is InChI=1S/C56H46N4O/c1-55(2)43-21-13-11-19-37(43)39-25-23-33(27-45(39)55)53-57-47-29-41-42-30-48-50(32-52(42)61-51(41)31-49(47)59(53)35-15-7-5-8-16-35)60(36-17-9-6-10-18-36)54(58-48)34-24-26-40-38-20-12-14-22-44(38)56(3,4)46(40)28-34/h5-25,27-32,37,40-41,43,51H,26H2,1-4H3. The summed E-state index contributed by atoms with van der Waals surface area (Å²) < 4.78 is 11.6. The van der Waals surface area contributed by atoms with Crippen LogP contribution in [0.3, 0.4) is 0 Å². The lowest BCUT2D eigenvalue weighted by Gasteiger charge is -2.29. The predicted molar refractivity (Wildman–Crippen MR) is 246 cm³/mol. The summed E-state index contributed by atoms with van der Waals surface area (Å²) in [4.78, 5) is 11.0. The molecular formula is C56H46N4O. The van der Waals surface area contributed by atoms with Gasteiger partial charge in [0.1, 0.15) is 23.5 Å². The Kier molecular flexibility index (Phi) is 7.14. The van der Waals surface area contributed by atoms with E-state index in [0.717, 1.165) is 68.1 Å². The summed E-state index contributed by atoms with van der Waals surface area (Å²) >= 11 is 0. The molecule has 2 aromatic heterocycles. The maximum atomic E-state index is 6.98. The Hall–Kier alpha value is -6.72. The van der Waals surface area contributed by atoms with E-state index in [0.29, 0.717) is 17.8 Å². The number of hydrogen-bond acceptors (Lipinski definition) is 3. The molecule has 61 heavy (non-hydrogen) atoms. The maximum Gasteiger partial charge on any atom is 0.145 e. The van der Waals surface area contributed by atoms with E-state index in [-0.39, 0.29) is 22.9 Å². The Balaban J connectivity index is 0.940. The van der Waals surface area contributed by atoms with Gasteiger partial charge in [-0.15, -0.1) is 0 Å². The van der Waals surface area contributed by atoms with Crippen LogP contribution in [-0.2, 0) is 10.8 Å². The molecule has 3 heterocycles. The molecule has 7 aromatic rings. The SMILES string of the molecule is CC1(C)C2=CC(c3nc4cc5c(cc4n3-c3ccccc3)OC3C=c4c(nc(-c6ccc7c(c6)C(C)(C)C6C=CC=CC76)n4-c4ccccc4)=CC53)=CCC2c2ccccc21. The van der Waals surface area contributed by atoms with Crippen molar-refractivity contribution in [3.05, 3.63) is 202 Å². The van der Waals surface area contributed by atoms with Crippen LogP contribution < -0.4 is 15.4 Å². The van der Waals surface area contributed by atoms with Crippen LogP contribution in [0.4, 0.5) is 0 Å². The number of aromatic nitrogens is 4. The lowest BCUT2D eigenvalue weighted by molar-refractivity contribution is 0.287. The molecule has 5 aromatic carbocycles. The molecule has 0 spiro atoms. The van der Waals surface area contributed by atoms with Crippen LogP contribution >= 0.6 is 0 Å². The zero-order chi connectivity index (χ0) is 40.8. The summed E-state index contributed by atoms with van der Waals surface area (Å²) in [5, 5.41) is 2.06. The molecule has 5 atom stereocenters. The molecule has 5 aliphatic carbocycles. The van der Waals surface area contributed by atoms with Gasteiger partial charge in [-0.1, -0.05) is 143 Å². The Bertz CT molecular complexity index is 3280. The topological polar surface area (TPSA) is 44.9 Å². The van der Waals surface area contributed by atoms with Gasteiger partial charge < -0.3 is 4.74 Å². The lowest BCUT2D eigenvalue weighted by Crippen LogP contribution is -2.37. The van der Waals surface area contributed by atoms with Crippen molar-refractivity contribution in [1.29, 1.82) is 0 Å². The first-order valence-corrected chi connectivity index (χ1v) is 21.9. The lowest BCUT2D eigenvalue weighted by atomic mass is 9.74. The van der Waals surface area contributed by atoms with E-state index >= 15 is 0 Å². The molecule has 0 fully saturated rings. The van der Waals surface area contributed by atoms with Gasteiger partial charge in [0.2, 0.25) is 0 Å². The van der Waals surface area contributed by atoms with Crippen LogP contribution in [0.15, 0.2) is 157 Å². The quantitative estimate of drug-likeness (QED) is 0.178. The summed E-state index contributed by atoms with van der Waals surface area (Å²) in [6.45, 7) is 9.54. The van der Waals surface area contributed by atoms with Crippen LogP contribution in [0.5, 0.6) is 5.75 Å². The number of fused-ring (bicyclic) bond motifs is 11. The fourth-order valence-electron chi connectivity index (χ4n) is 11.9. The normalized spacial score (nSPS) is 23.9. The van der Waals surface area contributed by atoms with E-state index < -0.39 is 0 Å². The van der Waals surface area contributed by atoms with Crippen molar-refractivity contribution in [2.75, 3.05) is 0 Å². The van der Waals surface area contributed by atoms with Gasteiger partial charge in [0, 0.05) is 57.3 Å². The van der Waals surface area contributed by atoms with Gasteiger partial charge >= 0.3 is 0 Å². The van der Waals surface area contributed by atoms with Crippen LogP contribution in [0.2, 0.25) is 0 Å². The highest BCUT2D eigenvalue weighted by Crippen LogP contribution is 2.55. The predicted octanol–water partition coefficient (Wildman–Crippen LogP) is 10.9. The molecule has 5 heteroatoms. The molecule has 5 unspecified atom stereocenters. The van der Waals surface area contributed by atoms with Crippen LogP contribution in [0.1, 0.15) is 85.5 Å². The molecule has 0 radical (unpaired) electrons. The number of hydrogen-bond donors (Lipinski definition) is 0. The van der Waals surface area contributed by atoms with Crippen molar-refractivity contribution in [2.24, 2.45) is 5.92 Å². The smallest absolute Gasteiger partial charge is 0.145 e. The molecule has 0 saturated heterocycles. The Morgan fingerprint density at radius 1 is 0.656 bits per heavy atom. The van der Waals surface area contributed by atoms with Gasteiger partial charge in [-0.2, -0.15) is 0 Å². The average molecular weight is 791 g/mol. The highest BCUT2D eigenvalue weighted by atomic mass is 16.5. The van der Waals surface area contributed by atoms with E-state index in [1.54, 1.807) is 0 Å². The van der Waals surface area contributed by atoms with Crippen molar-refractivity contribution >= 4 is 28.8 Å². The summed E-state index contributed by atoms with van der Waals surface area (Å²) in [5.74, 6) is 4.11. The van der Waals surface area contributed by atoms with E-state index in [2.05, 4.69) is 201 Å². The molecular weight excluding hydrogens is 745 g/mol. The summed E-state index contributed by atoms with van der Waals surface area (Å²) in [6.07, 6.45) is 19.5. The average Bonchev–Trinajstić information content (AvgIpc) is 4.06. The number of rotatable bonds is 4. The molecule has 13 rings (SSSR count). The summed E-state index contributed by atoms with van der Waals surface area (Å²) in [5.41, 5.74) is 14.8. The van der Waals surface area contributed by atoms with Gasteiger partial charge in [0.25, 0.3) is 0 Å². The van der Waals surface area contributed by atoms with Gasteiger partial charge in [0.05, 0.1) is 21.7 Å². The molecule has 0 saturated carbocycles. The number of imidazole rings is 2. The first-order chi connectivity index (χ1) is 29.7. The number of ether oxygens (including phenoxy) is 1. The van der Waals surface area contributed by atoms with Gasteiger partial charge in [-0.05, 0) is 88.6 Å². The van der Waals surface area contributed by atoms with Crippen LogP contribution in [0.25, 0.3) is 51.5 Å². The van der Waals surface area contributed by atoms with Crippen LogP contribution in [0, 0.1) is 5.92 Å². The van der Waals surface area contributed by atoms with Gasteiger partial charge in [0.15, 0.2) is 0 Å². The minimum atomic E-state index is -0.166. The third-order valence-electron chi connectivity index (χ3n) is 15.0. The van der Waals surface area contributed by atoms with E-state index in [1.807, 2.05) is 0 Å². The Morgan fingerprint density at radius 3 is 2.23 bits per heavy atom. The van der Waals surface area contributed by atoms with Crippen LogP contribution in [-0.4, -0.2) is 25.2 Å². The largest absolute Gasteiger partial charge is 0.485 e. The van der Waals surface area contributed by atoms with Crippen molar-refractivity contribution < 1.29 is 4.74 Å². The second-order valence-corrected chi connectivity index (χ2v) is 18.9. The molecule has 0 N–H and O–H groups in total. The fourth-order valence-corrected chi connectivity index (χ4v) is 11.9. The third-order valence-corrected chi connectivity index (χ3v) is 15.0. The molecule has 0 bridgehead atoms. The van der Waals surface area contributed by atoms with Crippen molar-refractivity contribution in [3.63, 3.8) is 0 Å². The molecule has 5 nitrogen and oxygen atoms in total. The molecule has 0 amide bonds. The number of allylic oxidation sites excluding steroid dienone is 8. The van der Waals surface area contributed by atoms with Crippen molar-refractivity contribution in [1.82, 2.24) is 19.1 Å². The zero-order valence-corrected chi connectivity index (χ0v) is 34.9. The minimum Gasteiger partial charge on any atom is -0.485 e.